The molecular formula is C21H25NO4. The third kappa shape index (κ3) is 4.85. The zero-order chi connectivity index (χ0) is 19.3. The first-order valence-electron chi connectivity index (χ1n) is 8.39. The van der Waals surface area contributed by atoms with Gasteiger partial charge in [0.25, 0.3) is 0 Å². The largest absolute Gasteiger partial charge is 0.496 e. The van der Waals surface area contributed by atoms with Crippen LogP contribution in [0.5, 0.6) is 11.5 Å². The number of methoxy groups -OCH3 is 1. The first kappa shape index (κ1) is 19.5. The Morgan fingerprint density at radius 3 is 2.42 bits per heavy atom. The van der Waals surface area contributed by atoms with Crippen molar-refractivity contribution in [3.05, 3.63) is 58.7 Å². The number of aliphatic imine (C=N–C) groups is 1. The highest BCUT2D eigenvalue weighted by Gasteiger charge is 2.22. The van der Waals surface area contributed by atoms with Gasteiger partial charge in [0.05, 0.1) is 12.6 Å². The molecule has 0 bridgehead atoms. The van der Waals surface area contributed by atoms with Crippen LogP contribution in [-0.4, -0.2) is 29.9 Å². The molecule has 0 saturated carbocycles. The van der Waals surface area contributed by atoms with E-state index in [9.17, 15) is 9.90 Å². The number of rotatable bonds is 6. The second-order valence-corrected chi connectivity index (χ2v) is 7.01. The topological polar surface area (TPSA) is 68.1 Å². The molecule has 2 rings (SSSR count). The highest BCUT2D eigenvalue weighted by atomic mass is 16.5. The summed E-state index contributed by atoms with van der Waals surface area (Å²) in [6.45, 7) is 7.89. The van der Waals surface area contributed by atoms with Gasteiger partial charge in [-0.2, -0.15) is 0 Å². The molecule has 26 heavy (non-hydrogen) atoms. The van der Waals surface area contributed by atoms with Crippen LogP contribution in [0.2, 0.25) is 0 Å². The van der Waals surface area contributed by atoms with Gasteiger partial charge in [-0.25, -0.2) is 4.79 Å². The molecule has 0 aromatic heterocycles. The van der Waals surface area contributed by atoms with E-state index in [0.29, 0.717) is 22.6 Å². The quantitative estimate of drug-likeness (QED) is 0.775. The van der Waals surface area contributed by atoms with Crippen molar-refractivity contribution in [2.75, 3.05) is 7.11 Å². The SMILES string of the molecule is COc1cc(C=NC(C)(C)C)c(OCc2ccccc2)c(C(=O)O)c1C. The second kappa shape index (κ2) is 8.04. The lowest BCUT2D eigenvalue weighted by Crippen LogP contribution is -2.12. The summed E-state index contributed by atoms with van der Waals surface area (Å²) in [4.78, 5) is 16.4. The van der Waals surface area contributed by atoms with Gasteiger partial charge in [0.1, 0.15) is 23.7 Å². The number of benzene rings is 2. The maximum Gasteiger partial charge on any atom is 0.339 e. The number of ether oxygens (including phenoxy) is 2. The van der Waals surface area contributed by atoms with Crippen molar-refractivity contribution in [3.63, 3.8) is 0 Å². The normalized spacial score (nSPS) is 11.6. The lowest BCUT2D eigenvalue weighted by molar-refractivity contribution is 0.0690. The zero-order valence-electron chi connectivity index (χ0n) is 15.9. The minimum Gasteiger partial charge on any atom is -0.496 e. The molecule has 0 atom stereocenters. The Morgan fingerprint density at radius 2 is 1.88 bits per heavy atom. The minimum atomic E-state index is -1.06. The molecule has 0 saturated heterocycles. The van der Waals surface area contributed by atoms with Gasteiger partial charge in [-0.1, -0.05) is 30.3 Å². The predicted molar refractivity (Wildman–Crippen MR) is 103 cm³/mol. The summed E-state index contributed by atoms with van der Waals surface area (Å²) in [7, 11) is 1.52. The first-order chi connectivity index (χ1) is 12.2. The number of aromatic carboxylic acids is 1. The van der Waals surface area contributed by atoms with Crippen LogP contribution in [0.1, 0.15) is 47.8 Å². The van der Waals surface area contributed by atoms with E-state index in [1.54, 1.807) is 19.2 Å². The van der Waals surface area contributed by atoms with Gasteiger partial charge in [-0.05, 0) is 39.3 Å². The Kier molecular flexibility index (Phi) is 6.03. The molecule has 0 spiro atoms. The van der Waals surface area contributed by atoms with Crippen LogP contribution in [-0.2, 0) is 6.61 Å². The Hall–Kier alpha value is -2.82. The fourth-order valence-electron chi connectivity index (χ4n) is 2.47. The van der Waals surface area contributed by atoms with Crippen LogP contribution in [0.15, 0.2) is 41.4 Å². The lowest BCUT2D eigenvalue weighted by atomic mass is 10.0. The summed E-state index contributed by atoms with van der Waals surface area (Å²) in [5.74, 6) is -0.271. The summed E-state index contributed by atoms with van der Waals surface area (Å²) in [6.07, 6.45) is 1.65. The Bertz CT molecular complexity index is 805. The minimum absolute atomic E-state index is 0.0932. The zero-order valence-corrected chi connectivity index (χ0v) is 15.9. The van der Waals surface area contributed by atoms with Crippen molar-refractivity contribution in [1.82, 2.24) is 0 Å². The molecule has 2 aromatic rings. The molecule has 0 heterocycles. The number of nitrogens with zero attached hydrogens (tertiary/aromatic N) is 1. The van der Waals surface area contributed by atoms with Crippen molar-refractivity contribution in [2.24, 2.45) is 4.99 Å². The van der Waals surface area contributed by atoms with E-state index in [0.717, 1.165) is 5.56 Å². The molecular weight excluding hydrogens is 330 g/mol. The predicted octanol–water partition coefficient (Wildman–Crippen LogP) is 4.50. The molecule has 5 nitrogen and oxygen atoms in total. The Morgan fingerprint density at radius 1 is 1.23 bits per heavy atom. The number of carbonyl (C=O) groups is 1. The van der Waals surface area contributed by atoms with Crippen molar-refractivity contribution >= 4 is 12.2 Å². The van der Waals surface area contributed by atoms with E-state index in [1.165, 1.54) is 7.11 Å². The van der Waals surface area contributed by atoms with Crippen LogP contribution >= 0.6 is 0 Å². The van der Waals surface area contributed by atoms with Gasteiger partial charge in [0, 0.05) is 17.3 Å². The highest BCUT2D eigenvalue weighted by Crippen LogP contribution is 2.34. The lowest BCUT2D eigenvalue weighted by Gasteiger charge is -2.18. The average molecular weight is 355 g/mol. The molecule has 1 N–H and O–H groups in total. The summed E-state index contributed by atoms with van der Waals surface area (Å²) in [6, 6.07) is 11.4. The second-order valence-electron chi connectivity index (χ2n) is 7.01. The molecule has 0 radical (unpaired) electrons. The van der Waals surface area contributed by atoms with Crippen LogP contribution in [0.4, 0.5) is 0 Å². The van der Waals surface area contributed by atoms with Crippen LogP contribution in [0.25, 0.3) is 0 Å². The van der Waals surface area contributed by atoms with E-state index >= 15 is 0 Å². The first-order valence-corrected chi connectivity index (χ1v) is 8.39. The number of hydrogen-bond acceptors (Lipinski definition) is 4. The van der Waals surface area contributed by atoms with Gasteiger partial charge >= 0.3 is 5.97 Å². The van der Waals surface area contributed by atoms with Gasteiger partial charge in [-0.15, -0.1) is 0 Å². The highest BCUT2D eigenvalue weighted by molar-refractivity contribution is 5.98. The Labute approximate surface area is 154 Å². The summed E-state index contributed by atoms with van der Waals surface area (Å²) in [5.41, 5.74) is 1.86. The molecule has 5 heteroatoms. The summed E-state index contributed by atoms with van der Waals surface area (Å²) >= 11 is 0. The van der Waals surface area contributed by atoms with Crippen LogP contribution < -0.4 is 9.47 Å². The molecule has 0 aliphatic heterocycles. The van der Waals surface area contributed by atoms with Crippen LogP contribution in [0, 0.1) is 6.92 Å². The van der Waals surface area contributed by atoms with Gasteiger partial charge < -0.3 is 14.6 Å². The summed E-state index contributed by atoms with van der Waals surface area (Å²) < 4.78 is 11.3. The van der Waals surface area contributed by atoms with E-state index in [4.69, 9.17) is 9.47 Å². The third-order valence-corrected chi connectivity index (χ3v) is 3.77. The smallest absolute Gasteiger partial charge is 0.339 e. The van der Waals surface area contributed by atoms with Gasteiger partial charge in [-0.3, -0.25) is 4.99 Å². The molecule has 0 fully saturated rings. The fraction of sp³-hybridized carbons (Fsp3) is 0.333. The maximum absolute atomic E-state index is 11.9. The van der Waals surface area contributed by atoms with E-state index in [1.807, 2.05) is 51.1 Å². The molecule has 0 aliphatic rings. The Balaban J connectivity index is 2.54. The monoisotopic (exact) mass is 355 g/mol. The fourth-order valence-corrected chi connectivity index (χ4v) is 2.47. The molecule has 0 unspecified atom stereocenters. The number of carboxylic acids is 1. The van der Waals surface area contributed by atoms with E-state index in [-0.39, 0.29) is 17.7 Å². The number of hydrogen-bond donors (Lipinski definition) is 1. The van der Waals surface area contributed by atoms with Gasteiger partial charge in [0.15, 0.2) is 0 Å². The molecule has 138 valence electrons. The molecule has 0 aliphatic carbocycles. The van der Waals surface area contributed by atoms with Crippen molar-refractivity contribution < 1.29 is 19.4 Å². The average Bonchev–Trinajstić information content (AvgIpc) is 2.58. The van der Waals surface area contributed by atoms with Crippen LogP contribution in [0.3, 0.4) is 0 Å². The van der Waals surface area contributed by atoms with Crippen molar-refractivity contribution in [1.29, 1.82) is 0 Å². The molecule has 2 aromatic carbocycles. The maximum atomic E-state index is 11.9. The number of carboxylic acid groups (broad SMARTS) is 1. The van der Waals surface area contributed by atoms with E-state index in [2.05, 4.69) is 4.99 Å². The summed E-state index contributed by atoms with van der Waals surface area (Å²) in [5, 5.41) is 9.74. The third-order valence-electron chi connectivity index (χ3n) is 3.77. The molecule has 0 amide bonds. The van der Waals surface area contributed by atoms with E-state index < -0.39 is 5.97 Å². The van der Waals surface area contributed by atoms with Crippen molar-refractivity contribution in [3.8, 4) is 11.5 Å². The van der Waals surface area contributed by atoms with Crippen molar-refractivity contribution in [2.45, 2.75) is 39.8 Å². The van der Waals surface area contributed by atoms with Gasteiger partial charge in [0.2, 0.25) is 0 Å². The standard InChI is InChI=1S/C21H25NO4/c1-14-17(25-5)11-16(12-22-21(2,3)4)19(18(14)20(23)24)26-13-15-9-7-6-8-10-15/h6-12H,13H2,1-5H3,(H,23,24).